The molecule has 0 heterocycles. The van der Waals surface area contributed by atoms with Gasteiger partial charge in [-0.15, -0.1) is 0 Å². The average molecular weight is 214 g/mol. The maximum absolute atomic E-state index is 11.2. The number of carbonyl (C=O) groups excluding carboxylic acids is 1. The minimum Gasteiger partial charge on any atom is -0.294 e. The lowest BCUT2D eigenvalue weighted by Crippen LogP contribution is -1.98. The van der Waals surface area contributed by atoms with Crippen LogP contribution in [0.25, 0.3) is 0 Å². The van der Waals surface area contributed by atoms with Crippen LogP contribution in [0.4, 0.5) is 5.69 Å². The number of rotatable bonds is 3. The van der Waals surface area contributed by atoms with Gasteiger partial charge in [-0.3, -0.25) is 14.9 Å². The zero-order valence-electron chi connectivity index (χ0n) is 7.49. The van der Waals surface area contributed by atoms with E-state index in [2.05, 4.69) is 0 Å². The molecule has 0 spiro atoms. The molecule has 0 radical (unpaired) electrons. The van der Waals surface area contributed by atoms with Gasteiger partial charge in [-0.1, -0.05) is 18.5 Å². The fourth-order valence-electron chi connectivity index (χ4n) is 1.03. The molecule has 0 unspecified atom stereocenters. The Morgan fingerprint density at radius 1 is 1.57 bits per heavy atom. The van der Waals surface area contributed by atoms with Gasteiger partial charge < -0.3 is 0 Å². The summed E-state index contributed by atoms with van der Waals surface area (Å²) in [5.74, 6) is -0.134. The first-order valence-electron chi connectivity index (χ1n) is 4.03. The quantitative estimate of drug-likeness (QED) is 0.441. The fraction of sp³-hybridized carbons (Fsp3) is 0.222. The Bertz CT molecular complexity index is 390. The van der Waals surface area contributed by atoms with E-state index in [4.69, 9.17) is 11.6 Å². The fourth-order valence-corrected chi connectivity index (χ4v) is 1.22. The van der Waals surface area contributed by atoms with Crippen molar-refractivity contribution in [2.24, 2.45) is 0 Å². The van der Waals surface area contributed by atoms with Gasteiger partial charge in [0.1, 0.15) is 5.02 Å². The zero-order valence-corrected chi connectivity index (χ0v) is 8.25. The second kappa shape index (κ2) is 4.19. The van der Waals surface area contributed by atoms with Crippen LogP contribution in [0.3, 0.4) is 0 Å². The van der Waals surface area contributed by atoms with Gasteiger partial charge in [0.15, 0.2) is 5.78 Å². The Kier molecular flexibility index (Phi) is 3.19. The number of carbonyl (C=O) groups is 1. The maximum Gasteiger partial charge on any atom is 0.288 e. The van der Waals surface area contributed by atoms with Crippen LogP contribution < -0.4 is 0 Å². The van der Waals surface area contributed by atoms with E-state index in [0.717, 1.165) is 0 Å². The topological polar surface area (TPSA) is 60.2 Å². The molecule has 1 aromatic carbocycles. The summed E-state index contributed by atoms with van der Waals surface area (Å²) < 4.78 is 0. The molecular weight excluding hydrogens is 206 g/mol. The molecule has 4 nitrogen and oxygen atoms in total. The van der Waals surface area contributed by atoms with Crippen LogP contribution >= 0.6 is 11.6 Å². The smallest absolute Gasteiger partial charge is 0.288 e. The van der Waals surface area contributed by atoms with Crippen molar-refractivity contribution in [3.05, 3.63) is 38.9 Å². The Hall–Kier alpha value is -1.42. The highest BCUT2D eigenvalue weighted by atomic mass is 35.5. The van der Waals surface area contributed by atoms with E-state index in [0.29, 0.717) is 12.0 Å². The first-order chi connectivity index (χ1) is 6.56. The number of Topliss-reactive ketones (excluding diaryl/α,β-unsaturated/α-hetero) is 1. The molecule has 14 heavy (non-hydrogen) atoms. The molecule has 5 heteroatoms. The third kappa shape index (κ3) is 2.09. The summed E-state index contributed by atoms with van der Waals surface area (Å²) in [4.78, 5) is 21.1. The van der Waals surface area contributed by atoms with Crippen molar-refractivity contribution in [1.29, 1.82) is 0 Å². The first kappa shape index (κ1) is 10.7. The summed E-state index contributed by atoms with van der Waals surface area (Å²) in [6.45, 7) is 1.70. The molecular formula is C9H8ClNO3. The number of halogens is 1. The van der Waals surface area contributed by atoms with Gasteiger partial charge in [-0.25, -0.2) is 0 Å². The molecule has 0 fully saturated rings. The molecule has 0 aliphatic carbocycles. The van der Waals surface area contributed by atoms with E-state index in [9.17, 15) is 14.9 Å². The lowest BCUT2D eigenvalue weighted by molar-refractivity contribution is -0.384. The van der Waals surface area contributed by atoms with Gasteiger partial charge in [0.25, 0.3) is 5.69 Å². The minimum atomic E-state index is -0.602. The second-order valence-electron chi connectivity index (χ2n) is 2.70. The molecule has 0 atom stereocenters. The van der Waals surface area contributed by atoms with Gasteiger partial charge in [-0.2, -0.15) is 0 Å². The molecule has 1 aromatic rings. The summed E-state index contributed by atoms with van der Waals surface area (Å²) in [6.07, 6.45) is 0.318. The molecule has 74 valence electrons. The highest BCUT2D eigenvalue weighted by Crippen LogP contribution is 2.25. The average Bonchev–Trinajstić information content (AvgIpc) is 2.17. The largest absolute Gasteiger partial charge is 0.294 e. The van der Waals surface area contributed by atoms with E-state index in [1.807, 2.05) is 0 Å². The molecule has 0 aliphatic rings. The number of hydrogen-bond donors (Lipinski definition) is 0. The minimum absolute atomic E-state index is 0.0441. The van der Waals surface area contributed by atoms with Crippen molar-refractivity contribution < 1.29 is 9.72 Å². The third-order valence-corrected chi connectivity index (χ3v) is 2.11. The highest BCUT2D eigenvalue weighted by Gasteiger charge is 2.14. The summed E-state index contributed by atoms with van der Waals surface area (Å²) >= 11 is 5.59. The standard InChI is InChI=1S/C9H8ClNO3/c1-2-9(12)6-3-4-7(10)8(5-6)11(13)14/h3-5H,2H2,1H3. The van der Waals surface area contributed by atoms with E-state index >= 15 is 0 Å². The summed E-state index contributed by atoms with van der Waals surface area (Å²) in [5.41, 5.74) is 0.0922. The van der Waals surface area contributed by atoms with Crippen molar-refractivity contribution in [1.82, 2.24) is 0 Å². The van der Waals surface area contributed by atoms with Crippen LogP contribution in [0.15, 0.2) is 18.2 Å². The molecule has 0 aliphatic heterocycles. The Morgan fingerprint density at radius 3 is 2.71 bits per heavy atom. The lowest BCUT2D eigenvalue weighted by Gasteiger charge is -1.99. The van der Waals surface area contributed by atoms with Gasteiger partial charge in [0.2, 0.25) is 0 Å². The van der Waals surface area contributed by atoms with E-state index < -0.39 is 4.92 Å². The van der Waals surface area contributed by atoms with Crippen molar-refractivity contribution in [3.63, 3.8) is 0 Å². The predicted molar refractivity (Wildman–Crippen MR) is 52.7 cm³/mol. The second-order valence-corrected chi connectivity index (χ2v) is 3.11. The monoisotopic (exact) mass is 213 g/mol. The van der Waals surface area contributed by atoms with E-state index in [-0.39, 0.29) is 16.5 Å². The molecule has 0 saturated carbocycles. The van der Waals surface area contributed by atoms with Crippen LogP contribution in [0.2, 0.25) is 5.02 Å². The summed E-state index contributed by atoms with van der Waals surface area (Å²) in [7, 11) is 0. The third-order valence-electron chi connectivity index (χ3n) is 1.79. The van der Waals surface area contributed by atoms with Crippen LogP contribution in [-0.4, -0.2) is 10.7 Å². The SMILES string of the molecule is CCC(=O)c1ccc(Cl)c([N+](=O)[O-])c1. The lowest BCUT2D eigenvalue weighted by atomic mass is 10.1. The molecule has 0 saturated heterocycles. The van der Waals surface area contributed by atoms with Crippen LogP contribution in [0, 0.1) is 10.1 Å². The molecule has 0 aromatic heterocycles. The Labute approximate surface area is 85.6 Å². The summed E-state index contributed by atoms with van der Waals surface area (Å²) in [5, 5.41) is 10.5. The van der Waals surface area contributed by atoms with Crippen molar-refractivity contribution in [2.75, 3.05) is 0 Å². The number of nitro benzene ring substituents is 1. The van der Waals surface area contributed by atoms with Crippen molar-refractivity contribution in [3.8, 4) is 0 Å². The van der Waals surface area contributed by atoms with E-state index in [1.54, 1.807) is 6.92 Å². The first-order valence-corrected chi connectivity index (χ1v) is 4.41. The maximum atomic E-state index is 11.2. The molecule has 1 rings (SSSR count). The molecule has 0 amide bonds. The van der Waals surface area contributed by atoms with E-state index in [1.165, 1.54) is 18.2 Å². The van der Waals surface area contributed by atoms with Crippen LogP contribution in [0.1, 0.15) is 23.7 Å². The highest BCUT2D eigenvalue weighted by molar-refractivity contribution is 6.32. The molecule has 0 bridgehead atoms. The number of hydrogen-bond acceptors (Lipinski definition) is 3. The normalized spacial score (nSPS) is 9.86. The number of nitrogens with zero attached hydrogens (tertiary/aromatic N) is 1. The van der Waals surface area contributed by atoms with Gasteiger partial charge in [-0.05, 0) is 12.1 Å². The number of ketones is 1. The number of benzene rings is 1. The van der Waals surface area contributed by atoms with Crippen molar-refractivity contribution >= 4 is 23.1 Å². The molecule has 0 N–H and O–H groups in total. The Balaban J connectivity index is 3.19. The van der Waals surface area contributed by atoms with Gasteiger partial charge >= 0.3 is 0 Å². The number of nitro groups is 1. The Morgan fingerprint density at radius 2 is 2.21 bits per heavy atom. The van der Waals surface area contributed by atoms with Crippen molar-refractivity contribution in [2.45, 2.75) is 13.3 Å². The van der Waals surface area contributed by atoms with Gasteiger partial charge in [0.05, 0.1) is 4.92 Å². The summed E-state index contributed by atoms with van der Waals surface area (Å²) in [6, 6.07) is 4.05. The van der Waals surface area contributed by atoms with Crippen LogP contribution in [0.5, 0.6) is 0 Å². The zero-order chi connectivity index (χ0) is 10.7. The van der Waals surface area contributed by atoms with Gasteiger partial charge in [0, 0.05) is 18.1 Å². The van der Waals surface area contributed by atoms with Crippen LogP contribution in [-0.2, 0) is 0 Å². The predicted octanol–water partition coefficient (Wildman–Crippen LogP) is 2.84.